The summed E-state index contributed by atoms with van der Waals surface area (Å²) < 4.78 is 33.1. The van der Waals surface area contributed by atoms with Crippen LogP contribution in [0.15, 0.2) is 72.9 Å². The summed E-state index contributed by atoms with van der Waals surface area (Å²) in [6.45, 7) is 4.02. The highest BCUT2D eigenvalue weighted by molar-refractivity contribution is 7.47. The molecule has 0 aliphatic heterocycles. The molecule has 0 aliphatic rings. The molecule has 0 amide bonds. The third kappa shape index (κ3) is 41.1. The van der Waals surface area contributed by atoms with E-state index in [1.807, 2.05) is 6.08 Å². The zero-order chi connectivity index (χ0) is 41.1. The Morgan fingerprint density at radius 1 is 0.571 bits per heavy atom. The molecule has 0 saturated heterocycles. The molecule has 2 unspecified atom stereocenters. The average Bonchev–Trinajstić information content (AvgIpc) is 3.18. The number of phosphoric ester groups is 1. The Morgan fingerprint density at radius 3 is 1.59 bits per heavy atom. The minimum absolute atomic E-state index is 0.0315. The van der Waals surface area contributed by atoms with Gasteiger partial charge in [0.25, 0.3) is 0 Å². The average molecular weight is 806 g/mol. The van der Waals surface area contributed by atoms with E-state index in [0.29, 0.717) is 19.4 Å². The van der Waals surface area contributed by atoms with E-state index in [2.05, 4.69) is 86.0 Å². The SMILES string of the molecule is CC/C=C\C/C=C\C/C=C\C/C=C\C/C=C\CCCC(=O)OC(COC(=O)CCCCCCCCC/C=C\CCCCCCCC)COP(=O)(O)OCCNC. The van der Waals surface area contributed by atoms with Crippen molar-refractivity contribution < 1.29 is 37.6 Å². The fourth-order valence-corrected chi connectivity index (χ4v) is 6.27. The Hall–Kier alpha value is -2.55. The van der Waals surface area contributed by atoms with Gasteiger partial charge < -0.3 is 19.7 Å². The van der Waals surface area contributed by atoms with Gasteiger partial charge in [-0.3, -0.25) is 18.6 Å². The van der Waals surface area contributed by atoms with Crippen LogP contribution in [0.2, 0.25) is 0 Å². The number of nitrogens with one attached hydrogen (secondary N) is 1. The minimum atomic E-state index is -4.37. The van der Waals surface area contributed by atoms with Gasteiger partial charge in [0, 0.05) is 19.4 Å². The van der Waals surface area contributed by atoms with Crippen LogP contribution in [-0.4, -0.2) is 56.3 Å². The molecule has 0 aromatic carbocycles. The van der Waals surface area contributed by atoms with Crippen LogP contribution in [0.3, 0.4) is 0 Å². The van der Waals surface area contributed by atoms with E-state index < -0.39 is 32.5 Å². The molecule has 2 N–H and O–H groups in total. The van der Waals surface area contributed by atoms with Gasteiger partial charge in [0.1, 0.15) is 6.61 Å². The number of rotatable bonds is 40. The molecule has 10 heteroatoms. The number of carbonyl (C=O) groups is 2. The number of phosphoric acid groups is 1. The molecule has 0 aromatic rings. The van der Waals surface area contributed by atoms with Crippen LogP contribution in [0.1, 0.15) is 168 Å². The van der Waals surface area contributed by atoms with Crippen molar-refractivity contribution in [3.63, 3.8) is 0 Å². The zero-order valence-corrected chi connectivity index (χ0v) is 36.5. The summed E-state index contributed by atoms with van der Waals surface area (Å²) in [5, 5.41) is 2.82. The third-order valence-corrected chi connectivity index (χ3v) is 9.79. The van der Waals surface area contributed by atoms with Crippen molar-refractivity contribution in [1.82, 2.24) is 5.32 Å². The van der Waals surface area contributed by atoms with Gasteiger partial charge >= 0.3 is 19.8 Å². The van der Waals surface area contributed by atoms with Crippen molar-refractivity contribution in [2.24, 2.45) is 0 Å². The number of ether oxygens (including phenoxy) is 2. The Bertz CT molecular complexity index is 1150. The van der Waals surface area contributed by atoms with Crippen molar-refractivity contribution in [3.05, 3.63) is 72.9 Å². The van der Waals surface area contributed by atoms with Gasteiger partial charge in [-0.05, 0) is 84.1 Å². The molecule has 0 heterocycles. The second-order valence-corrected chi connectivity index (χ2v) is 15.6. The first kappa shape index (κ1) is 53.5. The first-order valence-corrected chi connectivity index (χ1v) is 23.4. The zero-order valence-electron chi connectivity index (χ0n) is 35.6. The van der Waals surface area contributed by atoms with E-state index in [-0.39, 0.29) is 26.1 Å². The summed E-state index contributed by atoms with van der Waals surface area (Å²) in [5.41, 5.74) is 0. The Labute approximate surface area is 342 Å². The number of hydrogen-bond donors (Lipinski definition) is 2. The second kappa shape index (κ2) is 42.1. The number of allylic oxidation sites excluding steroid dienone is 12. The molecule has 0 aromatic heterocycles. The molecule has 0 aliphatic carbocycles. The number of carbonyl (C=O) groups excluding carboxylic acids is 2. The summed E-state index contributed by atoms with van der Waals surface area (Å²) in [7, 11) is -2.68. The van der Waals surface area contributed by atoms with Crippen molar-refractivity contribution in [2.45, 2.75) is 174 Å². The van der Waals surface area contributed by atoms with Gasteiger partial charge in [0.15, 0.2) is 6.10 Å². The van der Waals surface area contributed by atoms with Gasteiger partial charge in [-0.25, -0.2) is 4.57 Å². The maximum absolute atomic E-state index is 12.6. The Morgan fingerprint density at radius 2 is 1.04 bits per heavy atom. The van der Waals surface area contributed by atoms with Crippen molar-refractivity contribution in [2.75, 3.05) is 33.4 Å². The van der Waals surface area contributed by atoms with Crippen LogP contribution in [-0.2, 0) is 32.7 Å². The van der Waals surface area contributed by atoms with Gasteiger partial charge in [0.2, 0.25) is 0 Å². The van der Waals surface area contributed by atoms with E-state index in [9.17, 15) is 19.0 Å². The lowest BCUT2D eigenvalue weighted by atomic mass is 10.1. The molecule has 0 saturated carbocycles. The number of esters is 2. The molecule has 2 atom stereocenters. The quantitative estimate of drug-likeness (QED) is 0.0270. The van der Waals surface area contributed by atoms with Gasteiger partial charge in [-0.1, -0.05) is 151 Å². The van der Waals surface area contributed by atoms with E-state index in [1.165, 1.54) is 64.2 Å². The molecule has 0 radical (unpaired) electrons. The van der Waals surface area contributed by atoms with Gasteiger partial charge in [-0.15, -0.1) is 0 Å². The summed E-state index contributed by atoms with van der Waals surface area (Å²) >= 11 is 0. The fraction of sp³-hybridized carbons (Fsp3) is 0.696. The van der Waals surface area contributed by atoms with Gasteiger partial charge in [0.05, 0.1) is 13.2 Å². The summed E-state index contributed by atoms with van der Waals surface area (Å²) in [4.78, 5) is 35.0. The lowest BCUT2D eigenvalue weighted by Crippen LogP contribution is -2.29. The Kier molecular flexibility index (Phi) is 40.2. The number of hydrogen-bond acceptors (Lipinski definition) is 8. The van der Waals surface area contributed by atoms with E-state index in [0.717, 1.165) is 64.2 Å². The second-order valence-electron chi connectivity index (χ2n) is 14.1. The normalized spacial score (nSPS) is 14.0. The predicted molar refractivity (Wildman–Crippen MR) is 233 cm³/mol. The standard InChI is InChI=1S/C46H80NO8P/c1-4-6-8-10-12-14-16-18-20-22-24-26-28-30-32-34-36-38-45(48)52-42-44(43-54-56(50,51)53-41-40-47-3)55-46(49)39-37-35-33-31-29-27-25-23-21-19-17-15-13-11-9-7-5-2/h7,9,13,15,18-21,25,27,31,33,44,47H,4-6,8,10-12,14,16-17,22-24,26,28-30,32,34-43H2,1-3H3,(H,50,51)/b9-7-,15-13-,20-18-,21-19-,27-25-,33-31-. The molecule has 0 rings (SSSR count). The van der Waals surface area contributed by atoms with Crippen LogP contribution in [0, 0.1) is 0 Å². The molecule has 0 bridgehead atoms. The maximum atomic E-state index is 12.6. The third-order valence-electron chi connectivity index (χ3n) is 8.81. The minimum Gasteiger partial charge on any atom is -0.462 e. The highest BCUT2D eigenvalue weighted by Gasteiger charge is 2.26. The first-order chi connectivity index (χ1) is 27.3. The molecular formula is C46H80NO8P. The lowest BCUT2D eigenvalue weighted by molar-refractivity contribution is -0.161. The topological polar surface area (TPSA) is 120 Å². The van der Waals surface area contributed by atoms with Crippen LogP contribution < -0.4 is 5.32 Å². The van der Waals surface area contributed by atoms with Gasteiger partial charge in [-0.2, -0.15) is 0 Å². The molecule has 0 fully saturated rings. The highest BCUT2D eigenvalue weighted by Crippen LogP contribution is 2.43. The fourth-order valence-electron chi connectivity index (χ4n) is 5.52. The largest absolute Gasteiger partial charge is 0.472 e. The maximum Gasteiger partial charge on any atom is 0.472 e. The summed E-state index contributed by atoms with van der Waals surface area (Å²) in [6, 6.07) is 0. The number of likely N-dealkylation sites (N-methyl/N-ethyl adjacent to an activating group) is 1. The number of unbranched alkanes of at least 4 members (excludes halogenated alkanes) is 14. The van der Waals surface area contributed by atoms with E-state index in [1.54, 1.807) is 7.05 Å². The van der Waals surface area contributed by atoms with Crippen LogP contribution in [0.4, 0.5) is 0 Å². The van der Waals surface area contributed by atoms with E-state index >= 15 is 0 Å². The molecule has 56 heavy (non-hydrogen) atoms. The smallest absolute Gasteiger partial charge is 0.462 e. The molecule has 322 valence electrons. The van der Waals surface area contributed by atoms with Crippen LogP contribution in [0.25, 0.3) is 0 Å². The molecule has 9 nitrogen and oxygen atoms in total. The van der Waals surface area contributed by atoms with Crippen molar-refractivity contribution >= 4 is 19.8 Å². The van der Waals surface area contributed by atoms with Crippen molar-refractivity contribution in [1.29, 1.82) is 0 Å². The monoisotopic (exact) mass is 806 g/mol. The molecular weight excluding hydrogens is 725 g/mol. The van der Waals surface area contributed by atoms with Crippen LogP contribution in [0.5, 0.6) is 0 Å². The summed E-state index contributed by atoms with van der Waals surface area (Å²) in [6.07, 6.45) is 49.5. The lowest BCUT2D eigenvalue weighted by Gasteiger charge is -2.20. The van der Waals surface area contributed by atoms with E-state index in [4.69, 9.17) is 18.5 Å². The van der Waals surface area contributed by atoms with Crippen LogP contribution >= 0.6 is 7.82 Å². The first-order valence-electron chi connectivity index (χ1n) is 21.9. The van der Waals surface area contributed by atoms with Crippen molar-refractivity contribution in [3.8, 4) is 0 Å². The highest BCUT2D eigenvalue weighted by atomic mass is 31.2. The Balaban J connectivity index is 4.33. The summed E-state index contributed by atoms with van der Waals surface area (Å²) in [5.74, 6) is -0.885. The molecule has 0 spiro atoms. The predicted octanol–water partition coefficient (Wildman–Crippen LogP) is 12.5.